The van der Waals surface area contributed by atoms with E-state index < -0.39 is 11.9 Å². The van der Waals surface area contributed by atoms with Gasteiger partial charge in [0.15, 0.2) is 0 Å². The summed E-state index contributed by atoms with van der Waals surface area (Å²) in [5.41, 5.74) is 2.07. The van der Waals surface area contributed by atoms with Crippen LogP contribution in [-0.4, -0.2) is 28.1 Å². The number of fused-ring (bicyclic) bond motifs is 1. The lowest BCUT2D eigenvalue weighted by Gasteiger charge is -2.20. The molecule has 0 saturated heterocycles. The molecule has 0 unspecified atom stereocenters. The van der Waals surface area contributed by atoms with Crippen molar-refractivity contribution in [2.45, 2.75) is 13.5 Å². The van der Waals surface area contributed by atoms with Gasteiger partial charge in [0.05, 0.1) is 0 Å². The number of carbonyl (C=O) groups excluding carboxylic acids is 1. The molecule has 140 valence electrons. The summed E-state index contributed by atoms with van der Waals surface area (Å²) in [4.78, 5) is 25.6. The zero-order valence-corrected chi connectivity index (χ0v) is 15.4. The number of amides is 1. The summed E-state index contributed by atoms with van der Waals surface area (Å²) >= 11 is 0. The van der Waals surface area contributed by atoms with E-state index in [1.165, 1.54) is 11.0 Å². The maximum absolute atomic E-state index is 13.0. The Morgan fingerprint density at radius 2 is 1.82 bits per heavy atom. The standard InChI is InChI=1S/C22H19N3O3/c1-2-25(18-8-4-3-5-9-18)22(28)16(13-23)12-17-14-24(15-21(26)27)20-11-7-6-10-19(17)20/h3-12,14H,2,15H2,1H3,(H,26,27). The van der Waals surface area contributed by atoms with Crippen LogP contribution in [0, 0.1) is 11.3 Å². The van der Waals surface area contributed by atoms with Gasteiger partial charge in [-0.2, -0.15) is 5.26 Å². The predicted molar refractivity (Wildman–Crippen MR) is 108 cm³/mol. The van der Waals surface area contributed by atoms with Crippen molar-refractivity contribution >= 4 is 34.5 Å². The summed E-state index contributed by atoms with van der Waals surface area (Å²) in [6.07, 6.45) is 3.18. The largest absolute Gasteiger partial charge is 0.480 e. The highest BCUT2D eigenvalue weighted by atomic mass is 16.4. The van der Waals surface area contributed by atoms with E-state index in [9.17, 15) is 14.9 Å². The van der Waals surface area contributed by atoms with Crippen LogP contribution in [0.25, 0.3) is 17.0 Å². The fourth-order valence-electron chi connectivity index (χ4n) is 3.16. The van der Waals surface area contributed by atoms with Crippen molar-refractivity contribution in [1.29, 1.82) is 5.26 Å². The molecule has 0 saturated carbocycles. The number of aromatic nitrogens is 1. The van der Waals surface area contributed by atoms with Crippen molar-refractivity contribution in [3.8, 4) is 6.07 Å². The van der Waals surface area contributed by atoms with Crippen LogP contribution < -0.4 is 4.90 Å². The first-order chi connectivity index (χ1) is 13.5. The summed E-state index contributed by atoms with van der Waals surface area (Å²) in [7, 11) is 0. The lowest BCUT2D eigenvalue weighted by atomic mass is 10.1. The zero-order chi connectivity index (χ0) is 20.1. The molecule has 0 aliphatic rings. The SMILES string of the molecule is CCN(C(=O)C(C#N)=Cc1cn(CC(=O)O)c2ccccc12)c1ccccc1. The maximum atomic E-state index is 13.0. The van der Waals surface area contributed by atoms with Gasteiger partial charge in [-0.25, -0.2) is 0 Å². The number of carbonyl (C=O) groups is 2. The minimum absolute atomic E-state index is 0.0102. The molecule has 28 heavy (non-hydrogen) atoms. The number of hydrogen-bond acceptors (Lipinski definition) is 3. The first-order valence-electron chi connectivity index (χ1n) is 8.83. The van der Waals surface area contributed by atoms with Crippen molar-refractivity contribution in [2.75, 3.05) is 11.4 Å². The number of para-hydroxylation sites is 2. The molecule has 1 aromatic heterocycles. The van der Waals surface area contributed by atoms with E-state index in [1.54, 1.807) is 10.8 Å². The Morgan fingerprint density at radius 1 is 1.14 bits per heavy atom. The quantitative estimate of drug-likeness (QED) is 0.527. The smallest absolute Gasteiger partial charge is 0.323 e. The molecule has 6 nitrogen and oxygen atoms in total. The molecule has 0 aliphatic carbocycles. The zero-order valence-electron chi connectivity index (χ0n) is 15.4. The number of carboxylic acids is 1. The van der Waals surface area contributed by atoms with Gasteiger partial charge < -0.3 is 14.6 Å². The molecular weight excluding hydrogens is 354 g/mol. The summed E-state index contributed by atoms with van der Waals surface area (Å²) in [5, 5.41) is 19.5. The molecule has 2 aromatic carbocycles. The Labute approximate surface area is 162 Å². The van der Waals surface area contributed by atoms with Gasteiger partial charge in [-0.05, 0) is 31.2 Å². The van der Waals surface area contributed by atoms with E-state index in [-0.39, 0.29) is 12.1 Å². The van der Waals surface area contributed by atoms with Crippen LogP contribution in [0.1, 0.15) is 12.5 Å². The number of rotatable bonds is 6. The third kappa shape index (κ3) is 3.79. The number of likely N-dealkylation sites (N-methyl/N-ethyl adjacent to an activating group) is 1. The second-order valence-corrected chi connectivity index (χ2v) is 6.18. The van der Waals surface area contributed by atoms with Crippen molar-refractivity contribution in [2.24, 2.45) is 0 Å². The summed E-state index contributed by atoms with van der Waals surface area (Å²) < 4.78 is 1.59. The summed E-state index contributed by atoms with van der Waals surface area (Å²) in [5.74, 6) is -1.36. The van der Waals surface area contributed by atoms with Crippen LogP contribution in [0.2, 0.25) is 0 Å². The van der Waals surface area contributed by atoms with E-state index in [2.05, 4.69) is 0 Å². The van der Waals surface area contributed by atoms with Gasteiger partial charge >= 0.3 is 5.97 Å². The first kappa shape index (κ1) is 18.9. The van der Waals surface area contributed by atoms with Crippen molar-refractivity contribution in [3.05, 3.63) is 71.9 Å². The number of nitrogens with zero attached hydrogens (tertiary/aromatic N) is 3. The molecule has 3 rings (SSSR count). The average Bonchev–Trinajstić information content (AvgIpc) is 3.04. The molecule has 1 N–H and O–H groups in total. The van der Waals surface area contributed by atoms with Crippen LogP contribution in [0.4, 0.5) is 5.69 Å². The molecule has 0 bridgehead atoms. The first-order valence-corrected chi connectivity index (χ1v) is 8.83. The number of carboxylic acid groups (broad SMARTS) is 1. The molecule has 6 heteroatoms. The van der Waals surface area contributed by atoms with Crippen LogP contribution in [0.5, 0.6) is 0 Å². The minimum Gasteiger partial charge on any atom is -0.480 e. The highest BCUT2D eigenvalue weighted by Crippen LogP contribution is 2.25. The highest BCUT2D eigenvalue weighted by molar-refractivity contribution is 6.12. The molecule has 0 atom stereocenters. The molecule has 0 radical (unpaired) electrons. The number of anilines is 1. The second kappa shape index (κ2) is 8.23. The van der Waals surface area contributed by atoms with Gasteiger partial charge in [-0.3, -0.25) is 9.59 Å². The van der Waals surface area contributed by atoms with Crippen molar-refractivity contribution < 1.29 is 14.7 Å². The van der Waals surface area contributed by atoms with Crippen LogP contribution in [0.15, 0.2) is 66.4 Å². The van der Waals surface area contributed by atoms with Crippen LogP contribution >= 0.6 is 0 Å². The lowest BCUT2D eigenvalue weighted by molar-refractivity contribution is -0.137. The minimum atomic E-state index is -0.964. The van der Waals surface area contributed by atoms with Crippen molar-refractivity contribution in [1.82, 2.24) is 4.57 Å². The molecule has 0 aliphatic heterocycles. The Balaban J connectivity index is 2.04. The number of benzene rings is 2. The maximum Gasteiger partial charge on any atom is 0.323 e. The highest BCUT2D eigenvalue weighted by Gasteiger charge is 2.19. The van der Waals surface area contributed by atoms with Gasteiger partial charge in [0.25, 0.3) is 5.91 Å². The lowest BCUT2D eigenvalue weighted by Crippen LogP contribution is -2.31. The molecule has 0 fully saturated rings. The molecular formula is C22H19N3O3. The van der Waals surface area contributed by atoms with Gasteiger partial charge in [-0.1, -0.05) is 36.4 Å². The normalized spacial score (nSPS) is 11.2. The van der Waals surface area contributed by atoms with E-state index in [1.807, 2.05) is 67.6 Å². The van der Waals surface area contributed by atoms with Gasteiger partial charge in [0, 0.05) is 34.9 Å². The Hall–Kier alpha value is -3.85. The van der Waals surface area contributed by atoms with Crippen LogP contribution in [-0.2, 0) is 16.1 Å². The van der Waals surface area contributed by atoms with E-state index in [0.717, 1.165) is 10.9 Å². The van der Waals surface area contributed by atoms with Gasteiger partial charge in [0.1, 0.15) is 18.2 Å². The average molecular weight is 373 g/mol. The Bertz CT molecular complexity index is 1090. The fraction of sp³-hybridized carbons (Fsp3) is 0.136. The topological polar surface area (TPSA) is 86.3 Å². The van der Waals surface area contributed by atoms with Gasteiger partial charge in [0.2, 0.25) is 0 Å². The third-order valence-corrected chi connectivity index (χ3v) is 4.40. The summed E-state index contributed by atoms with van der Waals surface area (Å²) in [6.45, 7) is 2.07. The number of nitriles is 1. The number of aliphatic carboxylic acids is 1. The molecule has 1 amide bonds. The van der Waals surface area contributed by atoms with E-state index >= 15 is 0 Å². The monoisotopic (exact) mass is 373 g/mol. The Kier molecular flexibility index (Phi) is 5.56. The summed E-state index contributed by atoms with van der Waals surface area (Å²) in [6, 6.07) is 18.5. The van der Waals surface area contributed by atoms with Crippen LogP contribution in [0.3, 0.4) is 0 Å². The van der Waals surface area contributed by atoms with Gasteiger partial charge in [-0.15, -0.1) is 0 Å². The van der Waals surface area contributed by atoms with Crippen molar-refractivity contribution in [3.63, 3.8) is 0 Å². The molecule has 1 heterocycles. The van der Waals surface area contributed by atoms with E-state index in [4.69, 9.17) is 5.11 Å². The predicted octanol–water partition coefficient (Wildman–Crippen LogP) is 3.69. The molecule has 0 spiro atoms. The third-order valence-electron chi connectivity index (χ3n) is 4.40. The number of hydrogen-bond donors (Lipinski definition) is 1. The molecule has 3 aromatic rings. The second-order valence-electron chi connectivity index (χ2n) is 6.18. The fourth-order valence-corrected chi connectivity index (χ4v) is 3.16. The van der Waals surface area contributed by atoms with E-state index in [0.29, 0.717) is 17.8 Å². The Morgan fingerprint density at radius 3 is 2.46 bits per heavy atom.